The number of fused-ring (bicyclic) bond motifs is 1. The van der Waals surface area contributed by atoms with Crippen LogP contribution in [-0.2, 0) is 16.0 Å². The van der Waals surface area contributed by atoms with Gasteiger partial charge >= 0.3 is 0 Å². The molecule has 1 saturated heterocycles. The van der Waals surface area contributed by atoms with E-state index in [4.69, 9.17) is 11.6 Å². The second-order valence-corrected chi connectivity index (χ2v) is 8.65. The van der Waals surface area contributed by atoms with Gasteiger partial charge in [0.05, 0.1) is 11.4 Å². The summed E-state index contributed by atoms with van der Waals surface area (Å²) < 4.78 is 0. The minimum atomic E-state index is -0.193. The summed E-state index contributed by atoms with van der Waals surface area (Å²) in [6.45, 7) is 7.07. The van der Waals surface area contributed by atoms with Crippen molar-refractivity contribution in [2.45, 2.75) is 26.2 Å². The fraction of sp³-hybridized carbons (Fsp3) is 0.417. The molecule has 2 aromatic rings. The number of hydrogen-bond donors (Lipinski definition) is 2. The molecule has 2 amide bonds. The number of amides is 2. The second-order valence-electron chi connectivity index (χ2n) is 8.22. The average molecular weight is 441 g/mol. The maximum atomic E-state index is 12.7. The van der Waals surface area contributed by atoms with Gasteiger partial charge in [-0.25, -0.2) is 0 Å². The number of likely N-dealkylation sites (N-methyl/N-ethyl adjacent to an activating group) is 1. The normalized spacial score (nSPS) is 19.0. The van der Waals surface area contributed by atoms with E-state index in [0.717, 1.165) is 55.3 Å². The predicted molar refractivity (Wildman–Crippen MR) is 126 cm³/mol. The summed E-state index contributed by atoms with van der Waals surface area (Å²) in [4.78, 5) is 29.9. The van der Waals surface area contributed by atoms with Crippen LogP contribution in [0.2, 0.25) is 5.02 Å². The molecule has 0 radical (unpaired) electrons. The lowest BCUT2D eigenvalue weighted by Crippen LogP contribution is -2.46. The highest BCUT2D eigenvalue weighted by atomic mass is 35.5. The van der Waals surface area contributed by atoms with E-state index < -0.39 is 0 Å². The van der Waals surface area contributed by atoms with Crippen LogP contribution in [0.15, 0.2) is 42.5 Å². The molecule has 0 aromatic heterocycles. The summed E-state index contributed by atoms with van der Waals surface area (Å²) in [6.07, 6.45) is 1.46. The molecule has 164 valence electrons. The van der Waals surface area contributed by atoms with Gasteiger partial charge in [-0.1, -0.05) is 36.7 Å². The zero-order valence-electron chi connectivity index (χ0n) is 17.9. The third-order valence-corrected chi connectivity index (χ3v) is 6.46. The summed E-state index contributed by atoms with van der Waals surface area (Å²) in [6, 6.07) is 13.5. The van der Waals surface area contributed by atoms with E-state index >= 15 is 0 Å². The van der Waals surface area contributed by atoms with Crippen molar-refractivity contribution in [3.8, 4) is 0 Å². The van der Waals surface area contributed by atoms with E-state index in [2.05, 4.69) is 27.4 Å². The highest BCUT2D eigenvalue weighted by Gasteiger charge is 2.26. The van der Waals surface area contributed by atoms with Gasteiger partial charge in [0.25, 0.3) is 0 Å². The fourth-order valence-electron chi connectivity index (χ4n) is 4.35. The van der Waals surface area contributed by atoms with E-state index in [0.29, 0.717) is 17.9 Å². The van der Waals surface area contributed by atoms with Crippen LogP contribution in [0.5, 0.6) is 0 Å². The van der Waals surface area contributed by atoms with Crippen LogP contribution < -0.4 is 15.5 Å². The van der Waals surface area contributed by atoms with Crippen molar-refractivity contribution < 1.29 is 9.59 Å². The Hall–Kier alpha value is -2.57. The SMILES string of the molecule is CCN1CCN(c2ccc(Cl)cc2NC(=O)CC[C@H]2Cc3ccccc3NC2=O)CC1. The van der Waals surface area contributed by atoms with E-state index in [1.165, 1.54) is 0 Å². The molecular formula is C24H29ClN4O2. The number of carbonyl (C=O) groups is 2. The van der Waals surface area contributed by atoms with E-state index in [1.807, 2.05) is 42.5 Å². The smallest absolute Gasteiger partial charge is 0.227 e. The zero-order chi connectivity index (χ0) is 21.8. The van der Waals surface area contributed by atoms with E-state index in [-0.39, 0.29) is 24.2 Å². The van der Waals surface area contributed by atoms with Crippen LogP contribution in [0.3, 0.4) is 0 Å². The molecular weight excluding hydrogens is 412 g/mol. The maximum absolute atomic E-state index is 12.7. The van der Waals surface area contributed by atoms with Crippen molar-refractivity contribution in [3.05, 3.63) is 53.1 Å². The van der Waals surface area contributed by atoms with Crippen LogP contribution in [-0.4, -0.2) is 49.4 Å². The summed E-state index contributed by atoms with van der Waals surface area (Å²) in [5, 5.41) is 6.58. The molecule has 31 heavy (non-hydrogen) atoms. The van der Waals surface area contributed by atoms with Crippen LogP contribution in [0.4, 0.5) is 17.1 Å². The predicted octanol–water partition coefficient (Wildman–Crippen LogP) is 4.01. The maximum Gasteiger partial charge on any atom is 0.227 e. The van der Waals surface area contributed by atoms with E-state index in [1.54, 1.807) is 0 Å². The Morgan fingerprint density at radius 1 is 1.16 bits per heavy atom. The first-order valence-electron chi connectivity index (χ1n) is 11.0. The number of hydrogen-bond acceptors (Lipinski definition) is 4. The van der Waals surface area contributed by atoms with Gasteiger partial charge < -0.3 is 20.4 Å². The number of carbonyl (C=O) groups excluding carboxylic acids is 2. The Bertz CT molecular complexity index is 956. The molecule has 7 heteroatoms. The zero-order valence-corrected chi connectivity index (χ0v) is 18.6. The number of anilines is 3. The third kappa shape index (κ3) is 5.20. The number of nitrogens with zero attached hydrogens (tertiary/aromatic N) is 2. The van der Waals surface area contributed by atoms with Gasteiger partial charge in [0.1, 0.15) is 0 Å². The first-order valence-corrected chi connectivity index (χ1v) is 11.4. The van der Waals surface area contributed by atoms with Crippen LogP contribution in [0.1, 0.15) is 25.3 Å². The number of halogens is 1. The second kappa shape index (κ2) is 9.71. The monoisotopic (exact) mass is 440 g/mol. The molecule has 0 spiro atoms. The summed E-state index contributed by atoms with van der Waals surface area (Å²) >= 11 is 6.22. The average Bonchev–Trinajstić information content (AvgIpc) is 2.78. The van der Waals surface area contributed by atoms with Gasteiger partial charge in [0.2, 0.25) is 11.8 Å². The molecule has 4 rings (SSSR count). The molecule has 2 aliphatic rings. The Kier molecular flexibility index (Phi) is 6.78. The first kappa shape index (κ1) is 21.7. The van der Waals surface area contributed by atoms with E-state index in [9.17, 15) is 9.59 Å². The van der Waals surface area contributed by atoms with Gasteiger partial charge in [-0.05, 0) is 49.2 Å². The largest absolute Gasteiger partial charge is 0.367 e. The fourth-order valence-corrected chi connectivity index (χ4v) is 4.53. The number of nitrogens with one attached hydrogen (secondary N) is 2. The standard InChI is InChI=1S/C24H29ClN4O2/c1-2-28-11-13-29(14-12-28)22-9-8-19(25)16-21(22)26-23(30)10-7-18-15-17-5-3-4-6-20(17)27-24(18)31/h3-6,8-9,16,18H,2,7,10-15H2,1H3,(H,26,30)(H,27,31)/t18-/m0/s1. The van der Waals surface area contributed by atoms with Crippen LogP contribution >= 0.6 is 11.6 Å². The molecule has 1 atom stereocenters. The Morgan fingerprint density at radius 2 is 1.94 bits per heavy atom. The van der Waals surface area contributed by atoms with Gasteiger partial charge in [-0.2, -0.15) is 0 Å². The lowest BCUT2D eigenvalue weighted by atomic mass is 9.89. The lowest BCUT2D eigenvalue weighted by Gasteiger charge is -2.36. The van der Waals surface area contributed by atoms with Crippen molar-refractivity contribution in [2.24, 2.45) is 5.92 Å². The molecule has 2 aromatic carbocycles. The molecule has 2 N–H and O–H groups in total. The van der Waals surface area contributed by atoms with Gasteiger partial charge in [0, 0.05) is 49.2 Å². The van der Waals surface area contributed by atoms with Crippen molar-refractivity contribution >= 4 is 40.5 Å². The van der Waals surface area contributed by atoms with Gasteiger partial charge in [-0.15, -0.1) is 0 Å². The van der Waals surface area contributed by atoms with Crippen molar-refractivity contribution in [2.75, 3.05) is 48.3 Å². The van der Waals surface area contributed by atoms with Crippen molar-refractivity contribution in [1.29, 1.82) is 0 Å². The minimum absolute atomic E-state index is 0.0104. The minimum Gasteiger partial charge on any atom is -0.367 e. The third-order valence-electron chi connectivity index (χ3n) is 6.23. The molecule has 0 unspecified atom stereocenters. The Labute approximate surface area is 188 Å². The first-order chi connectivity index (χ1) is 15.0. The molecule has 0 saturated carbocycles. The Morgan fingerprint density at radius 3 is 2.71 bits per heavy atom. The van der Waals surface area contributed by atoms with Crippen LogP contribution in [0, 0.1) is 5.92 Å². The topological polar surface area (TPSA) is 64.7 Å². The molecule has 2 aliphatic heterocycles. The number of rotatable bonds is 6. The molecule has 6 nitrogen and oxygen atoms in total. The Balaban J connectivity index is 1.38. The van der Waals surface area contributed by atoms with Crippen LogP contribution in [0.25, 0.3) is 0 Å². The quantitative estimate of drug-likeness (QED) is 0.712. The molecule has 0 bridgehead atoms. The summed E-state index contributed by atoms with van der Waals surface area (Å²) in [7, 11) is 0. The molecule has 2 heterocycles. The highest BCUT2D eigenvalue weighted by molar-refractivity contribution is 6.31. The number of piperazine rings is 1. The van der Waals surface area contributed by atoms with Gasteiger partial charge in [-0.3, -0.25) is 9.59 Å². The van der Waals surface area contributed by atoms with Gasteiger partial charge in [0.15, 0.2) is 0 Å². The summed E-state index contributed by atoms with van der Waals surface area (Å²) in [5.74, 6) is -0.298. The molecule has 1 fully saturated rings. The molecule has 0 aliphatic carbocycles. The lowest BCUT2D eigenvalue weighted by molar-refractivity contribution is -0.121. The summed E-state index contributed by atoms with van der Waals surface area (Å²) in [5.41, 5.74) is 3.73. The van der Waals surface area contributed by atoms with Crippen molar-refractivity contribution in [1.82, 2.24) is 4.90 Å². The number of para-hydroxylation sites is 1. The highest BCUT2D eigenvalue weighted by Crippen LogP contribution is 2.31. The van der Waals surface area contributed by atoms with Crippen molar-refractivity contribution in [3.63, 3.8) is 0 Å². The number of benzene rings is 2.